The molecule has 0 aromatic carbocycles. The molecule has 1 atom stereocenters. The molecule has 2 aromatic heterocycles. The Morgan fingerprint density at radius 3 is 2.81 bits per heavy atom. The van der Waals surface area contributed by atoms with E-state index in [1.54, 1.807) is 17.2 Å². The van der Waals surface area contributed by atoms with Crippen LogP contribution < -0.4 is 10.5 Å². The van der Waals surface area contributed by atoms with Crippen molar-refractivity contribution in [3.8, 4) is 0 Å². The quantitative estimate of drug-likeness (QED) is 0.882. The Bertz CT molecular complexity index is 826. The van der Waals surface area contributed by atoms with E-state index in [9.17, 15) is 9.59 Å². The van der Waals surface area contributed by atoms with Crippen molar-refractivity contribution in [3.63, 3.8) is 0 Å². The van der Waals surface area contributed by atoms with Crippen LogP contribution >= 0.6 is 0 Å². The second kappa shape index (κ2) is 7.25. The van der Waals surface area contributed by atoms with Crippen LogP contribution in [0.2, 0.25) is 0 Å². The maximum atomic E-state index is 12.7. The average Bonchev–Trinajstić information content (AvgIpc) is 3.23. The van der Waals surface area contributed by atoms with E-state index in [1.807, 2.05) is 6.07 Å². The molecule has 26 heavy (non-hydrogen) atoms. The summed E-state index contributed by atoms with van der Waals surface area (Å²) in [5, 5.41) is 0. The number of aromatic amines is 1. The van der Waals surface area contributed by atoms with Crippen molar-refractivity contribution in [2.24, 2.45) is 0 Å². The number of nitrogens with zero attached hydrogens (tertiary/aromatic N) is 4. The fourth-order valence-corrected chi connectivity index (χ4v) is 3.35. The molecule has 0 aliphatic carbocycles. The van der Waals surface area contributed by atoms with Gasteiger partial charge in [0.15, 0.2) is 0 Å². The van der Waals surface area contributed by atoms with Crippen molar-refractivity contribution < 1.29 is 9.53 Å². The van der Waals surface area contributed by atoms with Crippen molar-refractivity contribution in [1.82, 2.24) is 19.9 Å². The van der Waals surface area contributed by atoms with E-state index in [0.29, 0.717) is 25.3 Å². The number of carbonyl (C=O) groups excluding carboxylic acids is 1. The van der Waals surface area contributed by atoms with Crippen LogP contribution in [0.5, 0.6) is 0 Å². The maximum Gasteiger partial charge on any atom is 0.255 e. The first-order valence-electron chi connectivity index (χ1n) is 8.88. The van der Waals surface area contributed by atoms with Gasteiger partial charge in [-0.2, -0.15) is 0 Å². The Labute approximate surface area is 150 Å². The number of anilines is 1. The summed E-state index contributed by atoms with van der Waals surface area (Å²) in [4.78, 5) is 39.3. The molecular weight excluding hydrogens is 334 g/mol. The van der Waals surface area contributed by atoms with Crippen molar-refractivity contribution in [2.45, 2.75) is 18.9 Å². The topological polar surface area (TPSA) is 91.4 Å². The summed E-state index contributed by atoms with van der Waals surface area (Å²) < 4.78 is 5.86. The number of H-pyrrole nitrogens is 1. The van der Waals surface area contributed by atoms with Crippen LogP contribution in [0.4, 0.5) is 5.95 Å². The lowest BCUT2D eigenvalue weighted by Gasteiger charge is -2.33. The largest absolute Gasteiger partial charge is 0.368 e. The van der Waals surface area contributed by atoms with E-state index in [-0.39, 0.29) is 17.6 Å². The molecule has 2 aliphatic rings. The van der Waals surface area contributed by atoms with Crippen LogP contribution in [-0.4, -0.2) is 58.5 Å². The van der Waals surface area contributed by atoms with Gasteiger partial charge in [-0.3, -0.25) is 9.59 Å². The molecule has 136 valence electrons. The van der Waals surface area contributed by atoms with Crippen LogP contribution in [0.15, 0.2) is 35.4 Å². The molecular formula is C18H21N5O3. The molecule has 1 amide bonds. The zero-order chi connectivity index (χ0) is 17.9. The van der Waals surface area contributed by atoms with E-state index in [2.05, 4.69) is 19.9 Å². The van der Waals surface area contributed by atoms with Gasteiger partial charge in [0.05, 0.1) is 24.4 Å². The van der Waals surface area contributed by atoms with E-state index in [4.69, 9.17) is 4.74 Å². The number of amides is 1. The third kappa shape index (κ3) is 3.45. The Kier molecular flexibility index (Phi) is 4.66. The number of ether oxygens (including phenoxy) is 1. The number of carbonyl (C=O) groups is 1. The molecule has 4 rings (SSSR count). The van der Waals surface area contributed by atoms with Crippen molar-refractivity contribution >= 4 is 11.9 Å². The lowest BCUT2D eigenvalue weighted by Crippen LogP contribution is -2.42. The summed E-state index contributed by atoms with van der Waals surface area (Å²) in [6, 6.07) is 4.75. The summed E-state index contributed by atoms with van der Waals surface area (Å²) in [6.07, 6.45) is 5.25. The van der Waals surface area contributed by atoms with Crippen molar-refractivity contribution in [3.05, 3.63) is 52.2 Å². The molecule has 2 aliphatic heterocycles. The standard InChI is InChI=1S/C18H21N5O3/c24-16-4-3-13(11-20-16)17(25)23-9-10-26-15(12-23)14-5-6-19-18(21-14)22-7-1-2-8-22/h3-6,11,15H,1-2,7-10,12H2,(H,20,24)/t15-/m1/s1. The monoisotopic (exact) mass is 355 g/mol. The van der Waals surface area contributed by atoms with Crippen LogP contribution in [0.25, 0.3) is 0 Å². The van der Waals surface area contributed by atoms with Gasteiger partial charge < -0.3 is 19.5 Å². The summed E-state index contributed by atoms with van der Waals surface area (Å²) in [5.41, 5.74) is 1.03. The summed E-state index contributed by atoms with van der Waals surface area (Å²) in [5.74, 6) is 0.607. The molecule has 8 nitrogen and oxygen atoms in total. The molecule has 0 spiro atoms. The van der Waals surface area contributed by atoms with Gasteiger partial charge in [-0.1, -0.05) is 0 Å². The molecule has 4 heterocycles. The highest BCUT2D eigenvalue weighted by Gasteiger charge is 2.28. The fraction of sp³-hybridized carbons (Fsp3) is 0.444. The third-order valence-electron chi connectivity index (χ3n) is 4.77. The lowest BCUT2D eigenvalue weighted by atomic mass is 10.1. The minimum absolute atomic E-state index is 0.122. The fourth-order valence-electron chi connectivity index (χ4n) is 3.35. The third-order valence-corrected chi connectivity index (χ3v) is 4.77. The van der Waals surface area contributed by atoms with Gasteiger partial charge >= 0.3 is 0 Å². The van der Waals surface area contributed by atoms with Crippen LogP contribution in [0, 0.1) is 0 Å². The lowest BCUT2D eigenvalue weighted by molar-refractivity contribution is -0.0247. The first kappa shape index (κ1) is 16.7. The predicted molar refractivity (Wildman–Crippen MR) is 95.1 cm³/mol. The second-order valence-electron chi connectivity index (χ2n) is 6.53. The number of hydrogen-bond acceptors (Lipinski definition) is 6. The number of aromatic nitrogens is 3. The van der Waals surface area contributed by atoms with Crippen LogP contribution in [0.1, 0.15) is 35.0 Å². The first-order valence-corrected chi connectivity index (χ1v) is 8.88. The van der Waals surface area contributed by atoms with Crippen LogP contribution in [0.3, 0.4) is 0 Å². The van der Waals surface area contributed by atoms with E-state index >= 15 is 0 Å². The normalized spacial score (nSPS) is 20.4. The summed E-state index contributed by atoms with van der Waals surface area (Å²) in [6.45, 7) is 3.34. The van der Waals surface area contributed by atoms with Gasteiger partial charge in [-0.05, 0) is 25.0 Å². The van der Waals surface area contributed by atoms with Gasteiger partial charge in [0.1, 0.15) is 6.10 Å². The Morgan fingerprint density at radius 1 is 1.19 bits per heavy atom. The molecule has 0 saturated carbocycles. The van der Waals surface area contributed by atoms with Gasteiger partial charge in [0.25, 0.3) is 5.91 Å². The Morgan fingerprint density at radius 2 is 2.04 bits per heavy atom. The van der Waals surface area contributed by atoms with Gasteiger partial charge in [-0.15, -0.1) is 0 Å². The Hall–Kier alpha value is -2.74. The molecule has 2 saturated heterocycles. The van der Waals surface area contributed by atoms with Crippen LogP contribution in [-0.2, 0) is 4.74 Å². The summed E-state index contributed by atoms with van der Waals surface area (Å²) >= 11 is 0. The SMILES string of the molecule is O=C(c1ccc(=O)[nH]c1)N1CCO[C@@H](c2ccnc(N3CCCC3)n2)C1. The first-order chi connectivity index (χ1) is 12.7. The zero-order valence-corrected chi connectivity index (χ0v) is 14.4. The second-order valence-corrected chi connectivity index (χ2v) is 6.53. The average molecular weight is 355 g/mol. The number of morpholine rings is 1. The van der Waals surface area contributed by atoms with Crippen molar-refractivity contribution in [1.29, 1.82) is 0 Å². The highest BCUT2D eigenvalue weighted by Crippen LogP contribution is 2.24. The number of hydrogen-bond donors (Lipinski definition) is 1. The molecule has 0 radical (unpaired) electrons. The van der Waals surface area contributed by atoms with Crippen molar-refractivity contribution in [2.75, 3.05) is 37.7 Å². The maximum absolute atomic E-state index is 12.7. The molecule has 0 unspecified atom stereocenters. The minimum Gasteiger partial charge on any atom is -0.368 e. The number of nitrogens with one attached hydrogen (secondary N) is 1. The van der Waals surface area contributed by atoms with E-state index in [0.717, 1.165) is 37.6 Å². The smallest absolute Gasteiger partial charge is 0.255 e. The highest BCUT2D eigenvalue weighted by atomic mass is 16.5. The van der Waals surface area contributed by atoms with Gasteiger partial charge in [-0.25, -0.2) is 9.97 Å². The van der Waals surface area contributed by atoms with Gasteiger partial charge in [0.2, 0.25) is 11.5 Å². The minimum atomic E-state index is -0.278. The Balaban J connectivity index is 1.49. The molecule has 1 N–H and O–H groups in total. The van der Waals surface area contributed by atoms with Gasteiger partial charge in [0, 0.05) is 38.1 Å². The molecule has 0 bridgehead atoms. The molecule has 2 fully saturated rings. The predicted octanol–water partition coefficient (Wildman–Crippen LogP) is 0.979. The summed E-state index contributed by atoms with van der Waals surface area (Å²) in [7, 11) is 0. The molecule has 2 aromatic rings. The highest BCUT2D eigenvalue weighted by molar-refractivity contribution is 5.93. The number of rotatable bonds is 3. The molecule has 8 heteroatoms. The number of pyridine rings is 1. The van der Waals surface area contributed by atoms with E-state index < -0.39 is 0 Å². The van der Waals surface area contributed by atoms with E-state index in [1.165, 1.54) is 12.3 Å². The zero-order valence-electron chi connectivity index (χ0n) is 14.4.